The molecule has 28 heteroatoms. The maximum absolute atomic E-state index is 14.0. The van der Waals surface area contributed by atoms with Gasteiger partial charge in [-0.15, -0.1) is 0 Å². The van der Waals surface area contributed by atoms with E-state index in [1.54, 1.807) is 0 Å². The molecule has 1 aromatic carbocycles. The van der Waals surface area contributed by atoms with E-state index in [1.165, 1.54) is 0 Å². The number of ether oxygens (including phenoxy) is 2. The highest BCUT2D eigenvalue weighted by atomic mass is 19.4. The summed E-state index contributed by atoms with van der Waals surface area (Å²) in [5.41, 5.74) is -3.30. The Bertz CT molecular complexity index is 1230. The van der Waals surface area contributed by atoms with Crippen molar-refractivity contribution in [3.8, 4) is 11.5 Å². The molecule has 2 nitrogen and oxygen atoms in total. The lowest BCUT2D eigenvalue weighted by atomic mass is 9.97. The topological polar surface area (TPSA) is 18.5 Å². The normalized spacial score (nSPS) is 15.9. The second kappa shape index (κ2) is 11.3. The van der Waals surface area contributed by atoms with E-state index in [1.807, 2.05) is 0 Å². The third-order valence-corrected chi connectivity index (χ3v) is 5.76. The van der Waals surface area contributed by atoms with Gasteiger partial charge in [0.05, 0.1) is 0 Å². The van der Waals surface area contributed by atoms with Gasteiger partial charge in [0.25, 0.3) is 0 Å². The molecule has 0 aliphatic carbocycles. The first kappa shape index (κ1) is 43.0. The van der Waals surface area contributed by atoms with Gasteiger partial charge in [-0.1, -0.05) is 0 Å². The van der Waals surface area contributed by atoms with E-state index in [9.17, 15) is 114 Å². The van der Waals surface area contributed by atoms with Gasteiger partial charge in [-0.25, -0.2) is 0 Å². The second-order valence-corrected chi connectivity index (χ2v) is 9.21. The van der Waals surface area contributed by atoms with Crippen molar-refractivity contribution in [2.75, 3.05) is 0 Å². The Morgan fingerprint density at radius 3 is 0.688 bits per heavy atom. The molecule has 48 heavy (non-hydrogen) atoms. The number of hydrogen-bond donors (Lipinski definition) is 0. The Morgan fingerprint density at radius 2 is 0.500 bits per heavy atom. The fraction of sp³-hybridized carbons (Fsp3) is 0.700. The summed E-state index contributed by atoms with van der Waals surface area (Å²) in [4.78, 5) is 0. The summed E-state index contributed by atoms with van der Waals surface area (Å²) in [6, 6.07) is -1.10. The Balaban J connectivity index is 3.61. The van der Waals surface area contributed by atoms with Crippen LogP contribution in [-0.4, -0.2) is 72.0 Å². The first-order chi connectivity index (χ1) is 20.5. The molecular weight excluding hydrogens is 766 g/mol. The SMILES string of the molecule is Cc1cc(OC(F)(F)C(F)(F)C(F)(F)C(F)(F)C(F)(F)C(F)(F)F)c(C)cc1OC(F)(F)C(F)(F)C(F)(F)C(F)(F)C(F)(F)C(F)(F)F. The van der Waals surface area contributed by atoms with Crippen molar-refractivity contribution >= 4 is 0 Å². The molecule has 0 aromatic heterocycles. The number of aryl methyl sites for hydroxylation is 2. The lowest BCUT2D eigenvalue weighted by Crippen LogP contribution is -2.71. The first-order valence-corrected chi connectivity index (χ1v) is 10.9. The minimum atomic E-state index is -8.39. The van der Waals surface area contributed by atoms with Crippen LogP contribution in [0.2, 0.25) is 0 Å². The molecule has 0 bridgehead atoms. The third-order valence-electron chi connectivity index (χ3n) is 5.76. The Hall–Kier alpha value is -3.00. The third kappa shape index (κ3) is 5.94. The van der Waals surface area contributed by atoms with Crippen LogP contribution in [0.4, 0.5) is 114 Å². The molecule has 0 aliphatic rings. The van der Waals surface area contributed by atoms with E-state index in [0.29, 0.717) is 0 Å². The highest BCUT2D eigenvalue weighted by Gasteiger charge is 2.93. The molecule has 0 amide bonds. The van der Waals surface area contributed by atoms with Crippen molar-refractivity contribution in [3.63, 3.8) is 0 Å². The monoisotopic (exact) mass is 774 g/mol. The van der Waals surface area contributed by atoms with Gasteiger partial charge >= 0.3 is 72.0 Å². The molecule has 0 saturated carbocycles. The first-order valence-electron chi connectivity index (χ1n) is 10.9. The van der Waals surface area contributed by atoms with Crippen LogP contribution in [0.15, 0.2) is 12.1 Å². The van der Waals surface area contributed by atoms with Crippen molar-refractivity contribution in [2.45, 2.75) is 85.8 Å². The Kier molecular flexibility index (Phi) is 10.1. The maximum atomic E-state index is 14.0. The molecule has 0 heterocycles. The Labute approximate surface area is 245 Å². The average Bonchev–Trinajstić information content (AvgIpc) is 2.84. The Morgan fingerprint density at radius 1 is 0.312 bits per heavy atom. The summed E-state index contributed by atoms with van der Waals surface area (Å²) < 4.78 is 350. The number of benzene rings is 1. The molecule has 0 fully saturated rings. The van der Waals surface area contributed by atoms with Crippen molar-refractivity contribution in [1.29, 1.82) is 0 Å². The molecule has 0 saturated heterocycles. The van der Waals surface area contributed by atoms with Gasteiger partial charge in [-0.3, -0.25) is 0 Å². The highest BCUT2D eigenvalue weighted by molar-refractivity contribution is 5.46. The van der Waals surface area contributed by atoms with Crippen molar-refractivity contribution in [1.82, 2.24) is 0 Å². The highest BCUT2D eigenvalue weighted by Crippen LogP contribution is 2.62. The quantitative estimate of drug-likeness (QED) is 0.197. The van der Waals surface area contributed by atoms with Crippen molar-refractivity contribution < 1.29 is 124 Å². The van der Waals surface area contributed by atoms with Gasteiger partial charge in [0.15, 0.2) is 0 Å². The van der Waals surface area contributed by atoms with Crippen LogP contribution >= 0.6 is 0 Å². The summed E-state index contributed by atoms with van der Waals surface area (Å²) in [6.45, 7) is 0.118. The minimum absolute atomic E-state index is 0.0589. The average molecular weight is 774 g/mol. The molecule has 0 radical (unpaired) electrons. The van der Waals surface area contributed by atoms with Gasteiger partial charge < -0.3 is 9.47 Å². The summed E-state index contributed by atoms with van der Waals surface area (Å²) in [5.74, 6) is -70.4. The number of alkyl halides is 26. The molecule has 0 N–H and O–H groups in total. The molecule has 1 rings (SSSR count). The maximum Gasteiger partial charge on any atom is 0.471 e. The van der Waals surface area contributed by atoms with Gasteiger partial charge in [0.2, 0.25) is 0 Å². The summed E-state index contributed by atoms with van der Waals surface area (Å²) in [5, 5.41) is 0. The summed E-state index contributed by atoms with van der Waals surface area (Å²) in [7, 11) is 0. The number of rotatable bonds is 12. The largest absolute Gasteiger partial charge is 0.471 e. The molecule has 0 aliphatic heterocycles. The lowest BCUT2D eigenvalue weighted by molar-refractivity contribution is -0.457. The van der Waals surface area contributed by atoms with Gasteiger partial charge in [-0.2, -0.15) is 114 Å². The predicted octanol–water partition coefficient (Wildman–Crippen LogP) is 10.5. The molecule has 0 atom stereocenters. The molecular formula is C20H8F26O2. The molecule has 282 valence electrons. The molecule has 0 spiro atoms. The zero-order chi connectivity index (χ0) is 39.1. The van der Waals surface area contributed by atoms with Crippen molar-refractivity contribution in [2.24, 2.45) is 0 Å². The fourth-order valence-electron chi connectivity index (χ4n) is 2.90. The van der Waals surface area contributed by atoms with Crippen LogP contribution in [0.25, 0.3) is 0 Å². The summed E-state index contributed by atoms with van der Waals surface area (Å²) >= 11 is 0. The van der Waals surface area contributed by atoms with Crippen LogP contribution in [0.3, 0.4) is 0 Å². The van der Waals surface area contributed by atoms with Gasteiger partial charge in [-0.05, 0) is 37.1 Å². The van der Waals surface area contributed by atoms with E-state index in [2.05, 4.69) is 9.47 Å². The number of halogens is 26. The van der Waals surface area contributed by atoms with Crippen LogP contribution < -0.4 is 9.47 Å². The van der Waals surface area contributed by atoms with E-state index in [-0.39, 0.29) is 13.8 Å². The standard InChI is InChI=1S/C20H8F26O2/c1-5-3-8(48-20(45,46)16(35,36)12(27,28)10(23,24)14(31,32)18(40,41)42)6(2)4-7(5)47-19(43,44)15(33,34)11(25,26)9(21,22)13(29,30)17(37,38)39/h3-4H,1-2H3. The van der Waals surface area contributed by atoms with E-state index >= 15 is 0 Å². The molecule has 1 aromatic rings. The fourth-order valence-corrected chi connectivity index (χ4v) is 2.90. The zero-order valence-electron chi connectivity index (χ0n) is 21.8. The lowest BCUT2D eigenvalue weighted by Gasteiger charge is -2.39. The van der Waals surface area contributed by atoms with E-state index < -0.39 is 107 Å². The minimum Gasteiger partial charge on any atom is -0.428 e. The van der Waals surface area contributed by atoms with Gasteiger partial charge in [0.1, 0.15) is 11.5 Å². The smallest absolute Gasteiger partial charge is 0.428 e. The van der Waals surface area contributed by atoms with Crippen LogP contribution in [0, 0.1) is 13.8 Å². The van der Waals surface area contributed by atoms with Gasteiger partial charge in [0, 0.05) is 0 Å². The second-order valence-electron chi connectivity index (χ2n) is 9.21. The predicted molar refractivity (Wildman–Crippen MR) is 98.8 cm³/mol. The number of hydrogen-bond acceptors (Lipinski definition) is 2. The van der Waals surface area contributed by atoms with Crippen LogP contribution in [-0.2, 0) is 0 Å². The van der Waals surface area contributed by atoms with Crippen LogP contribution in [0.1, 0.15) is 11.1 Å². The van der Waals surface area contributed by atoms with Crippen LogP contribution in [0.5, 0.6) is 11.5 Å². The van der Waals surface area contributed by atoms with Crippen molar-refractivity contribution in [3.05, 3.63) is 23.3 Å². The molecule has 0 unspecified atom stereocenters. The summed E-state index contributed by atoms with van der Waals surface area (Å²) in [6.07, 6.45) is -30.2. The zero-order valence-corrected chi connectivity index (χ0v) is 21.8. The van der Waals surface area contributed by atoms with E-state index in [4.69, 9.17) is 0 Å². The van der Waals surface area contributed by atoms with E-state index in [0.717, 1.165) is 0 Å².